The van der Waals surface area contributed by atoms with Crippen molar-refractivity contribution in [3.05, 3.63) is 48.0 Å². The summed E-state index contributed by atoms with van der Waals surface area (Å²) in [6, 6.07) is 5.11. The summed E-state index contributed by atoms with van der Waals surface area (Å²) in [6.07, 6.45) is -3.40. The van der Waals surface area contributed by atoms with Crippen molar-refractivity contribution >= 4 is 30.7 Å². The Morgan fingerprint density at radius 1 is 1.28 bits per heavy atom. The van der Waals surface area contributed by atoms with Gasteiger partial charge in [0.05, 0.1) is 5.56 Å². The number of carbonyl (C=O) groups excluding carboxylic acids is 1. The van der Waals surface area contributed by atoms with E-state index in [0.717, 1.165) is 12.1 Å². The first-order chi connectivity index (χ1) is 7.45. The zero-order valence-electron chi connectivity index (χ0n) is 9.16. The van der Waals surface area contributed by atoms with Crippen LogP contribution in [0.5, 0.6) is 0 Å². The predicted molar refractivity (Wildman–Crippen MR) is 68.0 cm³/mol. The van der Waals surface area contributed by atoms with E-state index in [1.807, 2.05) is 0 Å². The highest BCUT2D eigenvalue weighted by Crippen LogP contribution is 2.31. The van der Waals surface area contributed by atoms with Crippen molar-refractivity contribution in [2.45, 2.75) is 12.7 Å². The summed E-state index contributed by atoms with van der Waals surface area (Å²) in [7, 11) is 0. The summed E-state index contributed by atoms with van der Waals surface area (Å²) in [5.74, 6) is -0.503. The van der Waals surface area contributed by atoms with Crippen LogP contribution in [0.2, 0.25) is 0 Å². The maximum Gasteiger partial charge on any atom is 0.416 e. The largest absolute Gasteiger partial charge is 0.416 e. The van der Waals surface area contributed by atoms with Crippen LogP contribution in [0.15, 0.2) is 36.9 Å². The Morgan fingerprint density at radius 3 is 2.33 bits per heavy atom. The molecule has 0 heterocycles. The molecule has 1 aromatic rings. The Kier molecular flexibility index (Phi) is 8.51. The van der Waals surface area contributed by atoms with Gasteiger partial charge in [0.25, 0.3) is 0 Å². The Morgan fingerprint density at radius 2 is 1.83 bits per heavy atom. The molecule has 0 aromatic heterocycles. The minimum atomic E-state index is -4.41. The maximum absolute atomic E-state index is 12.5. The van der Waals surface area contributed by atoms with Crippen LogP contribution in [0.1, 0.15) is 11.1 Å². The molecule has 0 bridgehead atoms. The van der Waals surface area contributed by atoms with E-state index < -0.39 is 17.6 Å². The van der Waals surface area contributed by atoms with Gasteiger partial charge in [-0.25, -0.2) is 0 Å². The van der Waals surface area contributed by atoms with Gasteiger partial charge in [0.2, 0.25) is 5.91 Å². The molecule has 2 nitrogen and oxygen atoms in total. The number of carbonyl (C=O) groups is 1. The molecule has 18 heavy (non-hydrogen) atoms. The summed E-state index contributed by atoms with van der Waals surface area (Å²) >= 11 is 0. The molecule has 0 saturated carbocycles. The van der Waals surface area contributed by atoms with Crippen molar-refractivity contribution in [3.8, 4) is 0 Å². The monoisotopic (exact) mass is 301 g/mol. The van der Waals surface area contributed by atoms with Gasteiger partial charge in [-0.15, -0.1) is 24.8 Å². The van der Waals surface area contributed by atoms with Crippen LogP contribution in [-0.2, 0) is 17.5 Å². The van der Waals surface area contributed by atoms with Gasteiger partial charge in [-0.3, -0.25) is 4.79 Å². The number of rotatable bonds is 3. The number of hydrogen-bond donors (Lipinski definition) is 1. The predicted octanol–water partition coefficient (Wildman–Crippen LogP) is 3.35. The van der Waals surface area contributed by atoms with Crippen LogP contribution < -0.4 is 5.32 Å². The number of benzene rings is 1. The Balaban J connectivity index is 0. The van der Waals surface area contributed by atoms with E-state index in [1.54, 1.807) is 0 Å². The molecule has 7 heteroatoms. The van der Waals surface area contributed by atoms with Gasteiger partial charge in [0, 0.05) is 6.54 Å². The highest BCUT2D eigenvalue weighted by molar-refractivity contribution is 5.86. The Hall–Kier alpha value is -1.20. The first-order valence-corrected chi connectivity index (χ1v) is 4.50. The van der Waals surface area contributed by atoms with Crippen molar-refractivity contribution in [1.82, 2.24) is 5.32 Å². The average molecular weight is 302 g/mol. The molecular weight excluding hydrogens is 290 g/mol. The fourth-order valence-electron chi connectivity index (χ4n) is 1.21. The fourth-order valence-corrected chi connectivity index (χ4v) is 1.21. The van der Waals surface area contributed by atoms with E-state index in [0.29, 0.717) is 0 Å². The van der Waals surface area contributed by atoms with Crippen LogP contribution in [-0.4, -0.2) is 5.91 Å². The van der Waals surface area contributed by atoms with Gasteiger partial charge < -0.3 is 5.32 Å². The number of alkyl halides is 3. The molecule has 1 rings (SSSR count). The Labute approximate surface area is 115 Å². The van der Waals surface area contributed by atoms with E-state index in [9.17, 15) is 18.0 Å². The first kappa shape index (κ1) is 19.1. The van der Waals surface area contributed by atoms with Crippen LogP contribution in [0.3, 0.4) is 0 Å². The maximum atomic E-state index is 12.5. The van der Waals surface area contributed by atoms with Crippen LogP contribution in [0.4, 0.5) is 13.2 Å². The van der Waals surface area contributed by atoms with Crippen LogP contribution in [0.25, 0.3) is 0 Å². The number of nitrogens with one attached hydrogen (secondary N) is 1. The lowest BCUT2D eigenvalue weighted by Crippen LogP contribution is -2.22. The third-order valence-electron chi connectivity index (χ3n) is 1.96. The second kappa shape index (κ2) is 8.00. The third kappa shape index (κ3) is 5.42. The van der Waals surface area contributed by atoms with Gasteiger partial charge in [0.15, 0.2) is 0 Å². The molecule has 0 aliphatic carbocycles. The van der Waals surface area contributed by atoms with Gasteiger partial charge in [-0.05, 0) is 17.7 Å². The van der Waals surface area contributed by atoms with Crippen molar-refractivity contribution in [2.75, 3.05) is 0 Å². The zero-order chi connectivity index (χ0) is 12.2. The van der Waals surface area contributed by atoms with Gasteiger partial charge in [-0.1, -0.05) is 24.8 Å². The third-order valence-corrected chi connectivity index (χ3v) is 1.96. The lowest BCUT2D eigenvalue weighted by Gasteiger charge is -2.12. The molecule has 0 saturated heterocycles. The van der Waals surface area contributed by atoms with Gasteiger partial charge in [-0.2, -0.15) is 13.2 Å². The molecule has 1 N–H and O–H groups in total. The standard InChI is InChI=1S/C11H10F3NO.2ClH/c1-2-10(16)15-7-8-5-3-4-6-9(8)11(12,13)14;;/h2-6H,1,7H2,(H,15,16);2*1H. The molecule has 0 unspecified atom stereocenters. The molecule has 1 aromatic carbocycles. The van der Waals surface area contributed by atoms with E-state index in [1.165, 1.54) is 18.2 Å². The number of halogens is 5. The lowest BCUT2D eigenvalue weighted by atomic mass is 10.1. The molecule has 0 aliphatic heterocycles. The minimum absolute atomic E-state index is 0. The van der Waals surface area contributed by atoms with E-state index >= 15 is 0 Å². The van der Waals surface area contributed by atoms with E-state index in [2.05, 4.69) is 11.9 Å². The topological polar surface area (TPSA) is 29.1 Å². The molecule has 0 atom stereocenters. The summed E-state index contributed by atoms with van der Waals surface area (Å²) in [5, 5.41) is 2.30. The molecule has 0 aliphatic rings. The minimum Gasteiger partial charge on any atom is -0.348 e. The quantitative estimate of drug-likeness (QED) is 0.852. The number of amides is 1. The van der Waals surface area contributed by atoms with Crippen LogP contribution in [0, 0.1) is 0 Å². The number of hydrogen-bond acceptors (Lipinski definition) is 1. The van der Waals surface area contributed by atoms with Gasteiger partial charge in [0.1, 0.15) is 0 Å². The molecule has 0 spiro atoms. The second-order valence-corrected chi connectivity index (χ2v) is 3.08. The molecular formula is C11H12Cl2F3NO. The van der Waals surface area contributed by atoms with Crippen molar-refractivity contribution < 1.29 is 18.0 Å². The summed E-state index contributed by atoms with van der Waals surface area (Å²) < 4.78 is 37.6. The average Bonchev–Trinajstić information content (AvgIpc) is 2.25. The smallest absolute Gasteiger partial charge is 0.348 e. The van der Waals surface area contributed by atoms with Crippen LogP contribution >= 0.6 is 24.8 Å². The lowest BCUT2D eigenvalue weighted by molar-refractivity contribution is -0.138. The molecule has 0 radical (unpaired) electrons. The van der Waals surface area contributed by atoms with Gasteiger partial charge >= 0.3 is 6.18 Å². The molecule has 102 valence electrons. The Bertz CT molecular complexity index is 408. The summed E-state index contributed by atoms with van der Waals surface area (Å²) in [6.45, 7) is 3.04. The second-order valence-electron chi connectivity index (χ2n) is 3.08. The van der Waals surface area contributed by atoms with E-state index in [4.69, 9.17) is 0 Å². The molecule has 0 fully saturated rings. The first-order valence-electron chi connectivity index (χ1n) is 4.50. The normalized spacial score (nSPS) is 9.72. The highest BCUT2D eigenvalue weighted by Gasteiger charge is 2.32. The SMILES string of the molecule is C=CC(=O)NCc1ccccc1C(F)(F)F.Cl.Cl. The fraction of sp³-hybridized carbons (Fsp3) is 0.182. The zero-order valence-corrected chi connectivity index (χ0v) is 10.8. The van der Waals surface area contributed by atoms with Crippen molar-refractivity contribution in [3.63, 3.8) is 0 Å². The molecule has 1 amide bonds. The highest BCUT2D eigenvalue weighted by atomic mass is 35.5. The van der Waals surface area contributed by atoms with Crippen molar-refractivity contribution in [2.24, 2.45) is 0 Å². The summed E-state index contributed by atoms with van der Waals surface area (Å²) in [4.78, 5) is 10.8. The van der Waals surface area contributed by atoms with Crippen molar-refractivity contribution in [1.29, 1.82) is 0 Å². The van der Waals surface area contributed by atoms with E-state index in [-0.39, 0.29) is 36.9 Å². The summed E-state index contributed by atoms with van der Waals surface area (Å²) in [5.41, 5.74) is -0.704.